The number of imidazole rings is 1. The quantitative estimate of drug-likeness (QED) is 0.401. The maximum Gasteiger partial charge on any atom is 0.416 e. The number of aromatic nitrogens is 2. The number of alkyl halides is 3. The first-order valence-electron chi connectivity index (χ1n) is 8.80. The molecule has 4 aromatic rings. The Labute approximate surface area is 160 Å². The summed E-state index contributed by atoms with van der Waals surface area (Å²) >= 11 is 0. The molecule has 0 amide bonds. The van der Waals surface area contributed by atoms with E-state index in [-0.39, 0.29) is 0 Å². The second-order valence-electron chi connectivity index (χ2n) is 6.50. The van der Waals surface area contributed by atoms with Crippen LogP contribution in [0.3, 0.4) is 0 Å². The molecule has 140 valence electrons. The summed E-state index contributed by atoms with van der Waals surface area (Å²) in [6.45, 7) is 0. The van der Waals surface area contributed by atoms with E-state index >= 15 is 0 Å². The molecular formula is C23H17F3N2. The van der Waals surface area contributed by atoms with E-state index in [2.05, 4.69) is 0 Å². The number of hydrogen-bond acceptors (Lipinski definition) is 1. The molecular weight excluding hydrogens is 361 g/mol. The lowest BCUT2D eigenvalue weighted by Crippen LogP contribution is -2.04. The van der Waals surface area contributed by atoms with Gasteiger partial charge in [0.05, 0.1) is 17.0 Å². The SMILES string of the molecule is Cn1c(-c2ccccc2)nc(-c2ccccc2)c1-c1ccc(C(F)(F)F)cc1. The third-order valence-corrected chi connectivity index (χ3v) is 4.66. The maximum absolute atomic E-state index is 13.0. The summed E-state index contributed by atoms with van der Waals surface area (Å²) in [5.74, 6) is 0.759. The number of benzene rings is 3. The minimum atomic E-state index is -4.36. The zero-order chi connectivity index (χ0) is 19.7. The molecule has 3 aromatic carbocycles. The van der Waals surface area contributed by atoms with Crippen LogP contribution in [0, 0.1) is 0 Å². The zero-order valence-electron chi connectivity index (χ0n) is 15.1. The van der Waals surface area contributed by atoms with Gasteiger partial charge < -0.3 is 4.57 Å². The highest BCUT2D eigenvalue weighted by molar-refractivity contribution is 5.82. The van der Waals surface area contributed by atoms with Crippen molar-refractivity contribution in [2.75, 3.05) is 0 Å². The van der Waals surface area contributed by atoms with E-state index in [9.17, 15) is 13.2 Å². The normalized spacial score (nSPS) is 11.6. The van der Waals surface area contributed by atoms with Crippen molar-refractivity contribution in [1.29, 1.82) is 0 Å². The summed E-state index contributed by atoms with van der Waals surface area (Å²) in [6.07, 6.45) is -4.36. The van der Waals surface area contributed by atoms with Crippen LogP contribution in [-0.4, -0.2) is 9.55 Å². The average molecular weight is 378 g/mol. The van der Waals surface area contributed by atoms with Crippen LogP contribution in [-0.2, 0) is 13.2 Å². The molecule has 0 aliphatic carbocycles. The standard InChI is InChI=1S/C23H17F3N2/c1-28-21(17-12-14-19(15-13-17)23(24,25)26)20(16-8-4-2-5-9-16)27-22(28)18-10-6-3-7-11-18/h2-15H,1H3. The molecule has 0 aliphatic heterocycles. The van der Waals surface area contributed by atoms with Crippen molar-refractivity contribution in [3.63, 3.8) is 0 Å². The van der Waals surface area contributed by atoms with E-state index in [1.54, 1.807) is 0 Å². The predicted octanol–water partition coefficient (Wildman–Crippen LogP) is 6.44. The number of nitrogens with zero attached hydrogens (tertiary/aromatic N) is 2. The molecule has 0 N–H and O–H groups in total. The molecule has 0 radical (unpaired) electrons. The van der Waals surface area contributed by atoms with Crippen molar-refractivity contribution >= 4 is 0 Å². The van der Waals surface area contributed by atoms with Gasteiger partial charge in [0.1, 0.15) is 5.82 Å². The van der Waals surface area contributed by atoms with Gasteiger partial charge in [0, 0.05) is 23.7 Å². The van der Waals surface area contributed by atoms with Crippen LogP contribution < -0.4 is 0 Å². The molecule has 28 heavy (non-hydrogen) atoms. The fourth-order valence-corrected chi connectivity index (χ4v) is 3.29. The summed E-state index contributed by atoms with van der Waals surface area (Å²) in [7, 11) is 1.88. The number of halogens is 3. The zero-order valence-corrected chi connectivity index (χ0v) is 15.1. The van der Waals surface area contributed by atoms with Crippen LogP contribution in [0.2, 0.25) is 0 Å². The maximum atomic E-state index is 13.0. The molecule has 4 rings (SSSR count). The molecule has 5 heteroatoms. The van der Waals surface area contributed by atoms with Gasteiger partial charge in [-0.25, -0.2) is 4.98 Å². The minimum Gasteiger partial charge on any atom is -0.327 e. The van der Waals surface area contributed by atoms with Gasteiger partial charge in [-0.15, -0.1) is 0 Å². The van der Waals surface area contributed by atoms with Crippen molar-refractivity contribution in [3.05, 3.63) is 90.5 Å². The van der Waals surface area contributed by atoms with E-state index < -0.39 is 11.7 Å². The minimum absolute atomic E-state index is 0.664. The molecule has 0 aliphatic rings. The molecule has 0 spiro atoms. The largest absolute Gasteiger partial charge is 0.416 e. The molecule has 1 aromatic heterocycles. The molecule has 0 fully saturated rings. The Morgan fingerprint density at radius 3 is 1.75 bits per heavy atom. The van der Waals surface area contributed by atoms with Crippen molar-refractivity contribution in [2.24, 2.45) is 7.05 Å². The fourth-order valence-electron chi connectivity index (χ4n) is 3.29. The van der Waals surface area contributed by atoms with Gasteiger partial charge in [0.15, 0.2) is 0 Å². The molecule has 0 unspecified atom stereocenters. The van der Waals surface area contributed by atoms with E-state index in [0.717, 1.165) is 40.5 Å². The van der Waals surface area contributed by atoms with Crippen molar-refractivity contribution < 1.29 is 13.2 Å². The monoisotopic (exact) mass is 378 g/mol. The Morgan fingerprint density at radius 2 is 1.21 bits per heavy atom. The summed E-state index contributed by atoms with van der Waals surface area (Å²) in [4.78, 5) is 4.84. The van der Waals surface area contributed by atoms with Crippen LogP contribution in [0.1, 0.15) is 5.56 Å². The van der Waals surface area contributed by atoms with E-state index in [1.165, 1.54) is 12.1 Å². The Morgan fingerprint density at radius 1 is 0.679 bits per heavy atom. The highest BCUT2D eigenvalue weighted by Crippen LogP contribution is 2.37. The van der Waals surface area contributed by atoms with Crippen LogP contribution >= 0.6 is 0 Å². The Bertz CT molecular complexity index is 1080. The molecule has 1 heterocycles. The van der Waals surface area contributed by atoms with Gasteiger partial charge in [-0.05, 0) is 12.1 Å². The second-order valence-corrected chi connectivity index (χ2v) is 6.50. The Hall–Kier alpha value is -3.34. The first-order chi connectivity index (χ1) is 13.4. The van der Waals surface area contributed by atoms with Gasteiger partial charge in [0.25, 0.3) is 0 Å². The summed E-state index contributed by atoms with van der Waals surface area (Å²) < 4.78 is 40.8. The molecule has 0 bridgehead atoms. The third kappa shape index (κ3) is 3.31. The summed E-state index contributed by atoms with van der Waals surface area (Å²) in [6, 6.07) is 24.6. The lowest BCUT2D eigenvalue weighted by atomic mass is 10.0. The number of rotatable bonds is 3. The van der Waals surface area contributed by atoms with Crippen LogP contribution in [0.4, 0.5) is 13.2 Å². The smallest absolute Gasteiger partial charge is 0.327 e. The van der Waals surface area contributed by atoms with Gasteiger partial charge >= 0.3 is 6.18 Å². The average Bonchev–Trinajstić information content (AvgIpc) is 3.06. The summed E-state index contributed by atoms with van der Waals surface area (Å²) in [5.41, 5.74) is 3.39. The molecule has 0 saturated carbocycles. The lowest BCUT2D eigenvalue weighted by Gasteiger charge is -2.10. The molecule has 2 nitrogen and oxygen atoms in total. The Balaban J connectivity index is 1.91. The predicted molar refractivity (Wildman–Crippen MR) is 105 cm³/mol. The van der Waals surface area contributed by atoms with Crippen LogP contribution in [0.25, 0.3) is 33.9 Å². The Kier molecular flexibility index (Phi) is 4.51. The van der Waals surface area contributed by atoms with E-state index in [1.807, 2.05) is 72.3 Å². The first kappa shape index (κ1) is 18.0. The third-order valence-electron chi connectivity index (χ3n) is 4.66. The van der Waals surface area contributed by atoms with Gasteiger partial charge in [-0.2, -0.15) is 13.2 Å². The van der Waals surface area contributed by atoms with Crippen molar-refractivity contribution in [3.8, 4) is 33.9 Å². The molecule has 0 atom stereocenters. The lowest BCUT2D eigenvalue weighted by molar-refractivity contribution is -0.137. The van der Waals surface area contributed by atoms with Gasteiger partial charge in [0.2, 0.25) is 0 Å². The van der Waals surface area contributed by atoms with E-state index in [4.69, 9.17) is 4.98 Å². The first-order valence-corrected chi connectivity index (χ1v) is 8.80. The van der Waals surface area contributed by atoms with Gasteiger partial charge in [-0.3, -0.25) is 0 Å². The fraction of sp³-hybridized carbons (Fsp3) is 0.0870. The van der Waals surface area contributed by atoms with Gasteiger partial charge in [-0.1, -0.05) is 72.8 Å². The van der Waals surface area contributed by atoms with Crippen LogP contribution in [0.15, 0.2) is 84.9 Å². The van der Waals surface area contributed by atoms with Crippen molar-refractivity contribution in [1.82, 2.24) is 9.55 Å². The summed E-state index contributed by atoms with van der Waals surface area (Å²) in [5, 5.41) is 0. The molecule has 0 saturated heterocycles. The topological polar surface area (TPSA) is 17.8 Å². The van der Waals surface area contributed by atoms with E-state index in [0.29, 0.717) is 5.56 Å². The van der Waals surface area contributed by atoms with Crippen molar-refractivity contribution in [2.45, 2.75) is 6.18 Å². The highest BCUT2D eigenvalue weighted by atomic mass is 19.4. The highest BCUT2D eigenvalue weighted by Gasteiger charge is 2.30. The van der Waals surface area contributed by atoms with Crippen LogP contribution in [0.5, 0.6) is 0 Å². The number of hydrogen-bond donors (Lipinski definition) is 0. The second kappa shape index (κ2) is 7.00.